The van der Waals surface area contributed by atoms with Gasteiger partial charge in [0.2, 0.25) is 5.88 Å². The molecule has 1 N–H and O–H groups in total. The predicted molar refractivity (Wildman–Crippen MR) is 107 cm³/mol. The Kier molecular flexibility index (Phi) is 5.64. The van der Waals surface area contributed by atoms with Crippen LogP contribution in [0.1, 0.15) is 29.2 Å². The van der Waals surface area contributed by atoms with Gasteiger partial charge < -0.3 is 15.0 Å². The molecule has 0 unspecified atom stereocenters. The van der Waals surface area contributed by atoms with Crippen molar-refractivity contribution in [3.05, 3.63) is 54.1 Å². The minimum Gasteiger partial charge on any atom is -0.476 e. The molecule has 0 spiro atoms. The summed E-state index contributed by atoms with van der Waals surface area (Å²) >= 11 is 0. The van der Waals surface area contributed by atoms with E-state index in [2.05, 4.69) is 30.4 Å². The molecule has 9 nitrogen and oxygen atoms in total. The van der Waals surface area contributed by atoms with Gasteiger partial charge >= 0.3 is 0 Å². The molecule has 3 heterocycles. The second-order valence-corrected chi connectivity index (χ2v) is 6.76. The quantitative estimate of drug-likeness (QED) is 0.611. The standard InChI is InChI=1S/C20H23N7O2/c1-15-23-18(26-10-5-6-11-26)13-19(24-15)29-12-9-21-20(28)17-14-22-27(25-17)16-7-3-2-4-8-16/h2-4,7-8,13-14H,5-6,9-12H2,1H3,(H,21,28). The van der Waals surface area contributed by atoms with Crippen LogP contribution in [0.3, 0.4) is 0 Å². The van der Waals surface area contributed by atoms with Gasteiger partial charge in [-0.3, -0.25) is 4.79 Å². The lowest BCUT2D eigenvalue weighted by molar-refractivity contribution is 0.0941. The average molecular weight is 393 g/mol. The highest BCUT2D eigenvalue weighted by atomic mass is 16.5. The van der Waals surface area contributed by atoms with Crippen molar-refractivity contribution in [3.63, 3.8) is 0 Å². The normalized spacial score (nSPS) is 13.5. The summed E-state index contributed by atoms with van der Waals surface area (Å²) in [5.74, 6) is 1.79. The second-order valence-electron chi connectivity index (χ2n) is 6.76. The number of amides is 1. The Morgan fingerprint density at radius 1 is 1.17 bits per heavy atom. The van der Waals surface area contributed by atoms with Gasteiger partial charge in [-0.05, 0) is 31.9 Å². The van der Waals surface area contributed by atoms with E-state index in [9.17, 15) is 4.79 Å². The number of carbonyl (C=O) groups is 1. The Hall–Kier alpha value is -3.49. The molecule has 0 bridgehead atoms. The molecule has 1 aliphatic rings. The molecule has 0 radical (unpaired) electrons. The molecule has 29 heavy (non-hydrogen) atoms. The van der Waals surface area contributed by atoms with Crippen molar-refractivity contribution in [2.24, 2.45) is 0 Å². The van der Waals surface area contributed by atoms with Crippen molar-refractivity contribution < 1.29 is 9.53 Å². The van der Waals surface area contributed by atoms with E-state index in [1.807, 2.05) is 43.3 Å². The molecular formula is C20H23N7O2. The Labute approximate surface area is 168 Å². The van der Waals surface area contributed by atoms with Gasteiger partial charge in [0.15, 0.2) is 5.69 Å². The zero-order valence-corrected chi connectivity index (χ0v) is 16.3. The number of para-hydroxylation sites is 1. The van der Waals surface area contributed by atoms with Gasteiger partial charge in [-0.25, -0.2) is 4.98 Å². The molecule has 9 heteroatoms. The van der Waals surface area contributed by atoms with Gasteiger partial charge in [0.05, 0.1) is 18.4 Å². The molecule has 1 aromatic carbocycles. The van der Waals surface area contributed by atoms with Crippen LogP contribution in [-0.2, 0) is 0 Å². The van der Waals surface area contributed by atoms with Gasteiger partial charge in [0, 0.05) is 19.2 Å². The number of hydrogen-bond donors (Lipinski definition) is 1. The summed E-state index contributed by atoms with van der Waals surface area (Å²) in [5, 5.41) is 11.1. The largest absolute Gasteiger partial charge is 0.476 e. The molecule has 150 valence electrons. The third kappa shape index (κ3) is 4.68. The van der Waals surface area contributed by atoms with Crippen LogP contribution in [0.15, 0.2) is 42.6 Å². The van der Waals surface area contributed by atoms with Crippen LogP contribution >= 0.6 is 0 Å². The predicted octanol–water partition coefficient (Wildman–Crippen LogP) is 1.77. The number of anilines is 1. The number of aryl methyl sites for hydroxylation is 1. The SMILES string of the molecule is Cc1nc(OCCNC(=O)c2cnn(-c3ccccc3)n2)cc(N2CCCC2)n1. The maximum absolute atomic E-state index is 12.3. The maximum atomic E-state index is 12.3. The molecule has 2 aromatic heterocycles. The highest BCUT2D eigenvalue weighted by molar-refractivity contribution is 5.91. The van der Waals surface area contributed by atoms with E-state index in [1.54, 1.807) is 0 Å². The van der Waals surface area contributed by atoms with E-state index >= 15 is 0 Å². The number of aromatic nitrogens is 5. The molecule has 4 rings (SSSR count). The van der Waals surface area contributed by atoms with E-state index in [0.29, 0.717) is 24.9 Å². The molecule has 3 aromatic rings. The lowest BCUT2D eigenvalue weighted by atomic mass is 10.3. The number of carbonyl (C=O) groups excluding carboxylic acids is 1. The maximum Gasteiger partial charge on any atom is 0.273 e. The van der Waals surface area contributed by atoms with Gasteiger partial charge in [-0.2, -0.15) is 14.9 Å². The first kappa shape index (κ1) is 18.9. The van der Waals surface area contributed by atoms with Crippen LogP contribution in [-0.4, -0.2) is 57.1 Å². The van der Waals surface area contributed by atoms with Crippen molar-refractivity contribution in [1.29, 1.82) is 0 Å². The van der Waals surface area contributed by atoms with Crippen LogP contribution in [0.4, 0.5) is 5.82 Å². The Balaban J connectivity index is 1.28. The molecule has 1 amide bonds. The molecule has 0 atom stereocenters. The summed E-state index contributed by atoms with van der Waals surface area (Å²) in [4.78, 5) is 24.7. The van der Waals surface area contributed by atoms with Gasteiger partial charge in [0.25, 0.3) is 5.91 Å². The first-order chi connectivity index (χ1) is 14.2. The summed E-state index contributed by atoms with van der Waals surface area (Å²) in [7, 11) is 0. The van der Waals surface area contributed by atoms with E-state index in [0.717, 1.165) is 24.6 Å². The zero-order valence-electron chi connectivity index (χ0n) is 16.3. The van der Waals surface area contributed by atoms with Crippen LogP contribution in [0.5, 0.6) is 5.88 Å². The summed E-state index contributed by atoms with van der Waals surface area (Å²) in [6.45, 7) is 4.50. The molecule has 1 saturated heterocycles. The Morgan fingerprint density at radius 2 is 1.97 bits per heavy atom. The number of ether oxygens (including phenoxy) is 1. The fourth-order valence-corrected chi connectivity index (χ4v) is 3.17. The Morgan fingerprint density at radius 3 is 2.76 bits per heavy atom. The molecule has 0 saturated carbocycles. The highest BCUT2D eigenvalue weighted by Crippen LogP contribution is 2.21. The van der Waals surface area contributed by atoms with E-state index < -0.39 is 0 Å². The summed E-state index contributed by atoms with van der Waals surface area (Å²) < 4.78 is 5.71. The summed E-state index contributed by atoms with van der Waals surface area (Å²) in [6.07, 6.45) is 3.81. The number of benzene rings is 1. The number of hydrogen-bond acceptors (Lipinski definition) is 7. The number of nitrogens with zero attached hydrogens (tertiary/aromatic N) is 6. The van der Waals surface area contributed by atoms with Gasteiger partial charge in [-0.15, -0.1) is 5.10 Å². The number of nitrogens with one attached hydrogen (secondary N) is 1. The van der Waals surface area contributed by atoms with Crippen LogP contribution < -0.4 is 15.0 Å². The smallest absolute Gasteiger partial charge is 0.273 e. The van der Waals surface area contributed by atoms with E-state index in [1.165, 1.54) is 23.8 Å². The monoisotopic (exact) mass is 393 g/mol. The third-order valence-corrected chi connectivity index (χ3v) is 4.58. The van der Waals surface area contributed by atoms with Crippen LogP contribution in [0, 0.1) is 6.92 Å². The number of rotatable bonds is 7. The lowest BCUT2D eigenvalue weighted by Crippen LogP contribution is -2.28. The molecule has 1 fully saturated rings. The fraction of sp³-hybridized carbons (Fsp3) is 0.350. The van der Waals surface area contributed by atoms with Crippen molar-refractivity contribution in [2.75, 3.05) is 31.1 Å². The van der Waals surface area contributed by atoms with E-state index in [-0.39, 0.29) is 11.6 Å². The third-order valence-electron chi connectivity index (χ3n) is 4.58. The van der Waals surface area contributed by atoms with Crippen molar-refractivity contribution >= 4 is 11.7 Å². The van der Waals surface area contributed by atoms with E-state index in [4.69, 9.17) is 4.74 Å². The lowest BCUT2D eigenvalue weighted by Gasteiger charge is -2.17. The minimum absolute atomic E-state index is 0.253. The fourth-order valence-electron chi connectivity index (χ4n) is 3.17. The van der Waals surface area contributed by atoms with Crippen molar-refractivity contribution in [2.45, 2.75) is 19.8 Å². The highest BCUT2D eigenvalue weighted by Gasteiger charge is 2.16. The molecule has 0 aliphatic carbocycles. The molecule has 1 aliphatic heterocycles. The summed E-state index contributed by atoms with van der Waals surface area (Å²) in [6, 6.07) is 11.3. The van der Waals surface area contributed by atoms with Crippen LogP contribution in [0.2, 0.25) is 0 Å². The average Bonchev–Trinajstić information content (AvgIpc) is 3.44. The van der Waals surface area contributed by atoms with Crippen LogP contribution in [0.25, 0.3) is 5.69 Å². The van der Waals surface area contributed by atoms with Gasteiger partial charge in [-0.1, -0.05) is 18.2 Å². The zero-order chi connectivity index (χ0) is 20.1. The summed E-state index contributed by atoms with van der Waals surface area (Å²) in [5.41, 5.74) is 1.05. The van der Waals surface area contributed by atoms with Crippen molar-refractivity contribution in [1.82, 2.24) is 30.3 Å². The van der Waals surface area contributed by atoms with Gasteiger partial charge in [0.1, 0.15) is 18.2 Å². The first-order valence-electron chi connectivity index (χ1n) is 9.68. The topological polar surface area (TPSA) is 98.1 Å². The Bertz CT molecular complexity index is 968. The molecular weight excluding hydrogens is 370 g/mol. The second kappa shape index (κ2) is 8.68. The minimum atomic E-state index is -0.299. The van der Waals surface area contributed by atoms with Crippen molar-refractivity contribution in [3.8, 4) is 11.6 Å². The first-order valence-corrected chi connectivity index (χ1v) is 9.68.